The van der Waals surface area contributed by atoms with Gasteiger partial charge >= 0.3 is 0 Å². The maximum Gasteiger partial charge on any atom is 0.199 e. The minimum Gasteiger partial charge on any atom is -0.496 e. The summed E-state index contributed by atoms with van der Waals surface area (Å²) >= 11 is 1.60. The number of nitrogens with zero attached hydrogens (tertiary/aromatic N) is 1. The van der Waals surface area contributed by atoms with E-state index in [2.05, 4.69) is 17.9 Å². The topological polar surface area (TPSA) is 59.0 Å². The van der Waals surface area contributed by atoms with Gasteiger partial charge < -0.3 is 19.5 Å². The molecule has 0 atom stereocenters. The van der Waals surface area contributed by atoms with Crippen molar-refractivity contribution in [3.63, 3.8) is 0 Å². The first-order valence-electron chi connectivity index (χ1n) is 9.65. The van der Waals surface area contributed by atoms with Gasteiger partial charge in [-0.15, -0.1) is 11.3 Å². The fraction of sp³-hybridized carbons (Fsp3) is 0.409. The summed E-state index contributed by atoms with van der Waals surface area (Å²) in [4.78, 5) is 16.4. The van der Waals surface area contributed by atoms with E-state index < -0.39 is 0 Å². The molecule has 0 radical (unpaired) electrons. The standard InChI is InChI=1S/C22H27NO4S/c1-3-23(13-14-24)12-7-15-27-18-11-10-17(26-2)20-21(25)16-8-5-4-6-9-19(16)28-22(18)20/h4-6,8,10-11,24H,3,7,9,12-15H2,1-2H3. The van der Waals surface area contributed by atoms with Crippen LogP contribution in [0.1, 0.15) is 23.8 Å². The Labute approximate surface area is 169 Å². The number of rotatable bonds is 9. The average Bonchev–Trinajstić information content (AvgIpc) is 2.96. The highest BCUT2D eigenvalue weighted by Crippen LogP contribution is 2.37. The van der Waals surface area contributed by atoms with Crippen LogP contribution >= 0.6 is 11.3 Å². The molecule has 1 aromatic carbocycles. The van der Waals surface area contributed by atoms with Gasteiger partial charge in [0.05, 0.1) is 30.4 Å². The van der Waals surface area contributed by atoms with E-state index in [1.807, 2.05) is 24.3 Å². The Morgan fingerprint density at radius 1 is 1.21 bits per heavy atom. The molecule has 0 amide bonds. The van der Waals surface area contributed by atoms with Crippen LogP contribution < -0.4 is 14.9 Å². The summed E-state index contributed by atoms with van der Waals surface area (Å²) in [5.41, 5.74) is 0.728. The number of hydrogen-bond acceptors (Lipinski definition) is 6. The number of aliphatic hydroxyl groups excluding tert-OH is 1. The van der Waals surface area contributed by atoms with Crippen LogP contribution in [0.15, 0.2) is 35.2 Å². The SMILES string of the molecule is CCN(CCO)CCCOc1ccc(OC)c2c(=O)c3c(sc12)CC=CC=C3. The number of ether oxygens (including phenoxy) is 2. The van der Waals surface area contributed by atoms with Gasteiger partial charge in [0.1, 0.15) is 11.5 Å². The predicted molar refractivity (Wildman–Crippen MR) is 116 cm³/mol. The lowest BCUT2D eigenvalue weighted by Gasteiger charge is -2.19. The van der Waals surface area contributed by atoms with Crippen LogP contribution in [0.4, 0.5) is 0 Å². The van der Waals surface area contributed by atoms with E-state index in [4.69, 9.17) is 14.6 Å². The van der Waals surface area contributed by atoms with Gasteiger partial charge in [-0.05, 0) is 31.2 Å². The van der Waals surface area contributed by atoms with Crippen molar-refractivity contribution >= 4 is 27.5 Å². The number of allylic oxidation sites excluding steroid dienone is 3. The van der Waals surface area contributed by atoms with Crippen molar-refractivity contribution in [2.45, 2.75) is 19.8 Å². The van der Waals surface area contributed by atoms with Gasteiger partial charge in [0.2, 0.25) is 0 Å². The van der Waals surface area contributed by atoms with Crippen LogP contribution in [0, 0.1) is 0 Å². The van der Waals surface area contributed by atoms with Crippen LogP contribution in [0.25, 0.3) is 16.2 Å². The fourth-order valence-corrected chi connectivity index (χ4v) is 4.57. The highest BCUT2D eigenvalue weighted by molar-refractivity contribution is 7.19. The van der Waals surface area contributed by atoms with Gasteiger partial charge in [0.15, 0.2) is 5.43 Å². The summed E-state index contributed by atoms with van der Waals surface area (Å²) in [6.07, 6.45) is 9.41. The van der Waals surface area contributed by atoms with Crippen molar-refractivity contribution in [1.29, 1.82) is 0 Å². The molecule has 0 saturated carbocycles. The zero-order valence-electron chi connectivity index (χ0n) is 16.4. The van der Waals surface area contributed by atoms with Crippen molar-refractivity contribution in [3.05, 3.63) is 51.0 Å². The summed E-state index contributed by atoms with van der Waals surface area (Å²) in [7, 11) is 1.59. The van der Waals surface area contributed by atoms with E-state index >= 15 is 0 Å². The van der Waals surface area contributed by atoms with Crippen molar-refractivity contribution in [2.75, 3.05) is 40.0 Å². The molecule has 5 nitrogen and oxygen atoms in total. The zero-order chi connectivity index (χ0) is 19.9. The smallest absolute Gasteiger partial charge is 0.199 e. The second-order valence-electron chi connectivity index (χ2n) is 6.59. The molecule has 1 heterocycles. The Kier molecular flexibility index (Phi) is 7.25. The molecule has 0 unspecified atom stereocenters. The summed E-state index contributed by atoms with van der Waals surface area (Å²) in [5, 5.41) is 9.68. The van der Waals surface area contributed by atoms with Crippen molar-refractivity contribution in [2.24, 2.45) is 0 Å². The van der Waals surface area contributed by atoms with Crippen LogP contribution in [-0.4, -0.2) is 50.0 Å². The molecule has 0 fully saturated rings. The Balaban J connectivity index is 1.88. The lowest BCUT2D eigenvalue weighted by molar-refractivity contribution is 0.189. The van der Waals surface area contributed by atoms with Crippen LogP contribution in [-0.2, 0) is 6.42 Å². The van der Waals surface area contributed by atoms with E-state index in [0.717, 1.165) is 46.8 Å². The first-order valence-corrected chi connectivity index (χ1v) is 10.5. The third-order valence-electron chi connectivity index (χ3n) is 4.85. The van der Waals surface area contributed by atoms with Crippen LogP contribution in [0.5, 0.6) is 11.5 Å². The Hall–Kier alpha value is -2.15. The van der Waals surface area contributed by atoms with Crippen molar-refractivity contribution in [1.82, 2.24) is 4.90 Å². The molecule has 28 heavy (non-hydrogen) atoms. The average molecular weight is 402 g/mol. The van der Waals surface area contributed by atoms with Crippen LogP contribution in [0.2, 0.25) is 0 Å². The van der Waals surface area contributed by atoms with Gasteiger partial charge in [-0.3, -0.25) is 4.79 Å². The quantitative estimate of drug-likeness (QED) is 0.652. The highest BCUT2D eigenvalue weighted by Gasteiger charge is 2.18. The third kappa shape index (κ3) is 4.46. The molecule has 0 bridgehead atoms. The lowest BCUT2D eigenvalue weighted by Crippen LogP contribution is -2.28. The first kappa shape index (κ1) is 20.6. The van der Waals surface area contributed by atoms with E-state index in [1.165, 1.54) is 0 Å². The molecule has 3 rings (SSSR count). The maximum atomic E-state index is 13.1. The minimum absolute atomic E-state index is 0.00824. The predicted octanol–water partition coefficient (Wildman–Crippen LogP) is 3.48. The van der Waals surface area contributed by atoms with E-state index in [0.29, 0.717) is 24.3 Å². The monoisotopic (exact) mass is 401 g/mol. The Morgan fingerprint density at radius 2 is 2.04 bits per heavy atom. The summed E-state index contributed by atoms with van der Waals surface area (Å²) in [6.45, 7) is 5.25. The first-order chi connectivity index (χ1) is 13.7. The normalized spacial score (nSPS) is 13.0. The number of aliphatic hydroxyl groups is 1. The number of benzene rings is 1. The molecular weight excluding hydrogens is 374 g/mol. The van der Waals surface area contributed by atoms with E-state index in [-0.39, 0.29) is 12.0 Å². The van der Waals surface area contributed by atoms with Crippen LogP contribution in [0.3, 0.4) is 0 Å². The number of fused-ring (bicyclic) bond motifs is 2. The molecule has 1 aliphatic rings. The van der Waals surface area contributed by atoms with Gasteiger partial charge in [-0.2, -0.15) is 0 Å². The molecule has 0 saturated heterocycles. The van der Waals surface area contributed by atoms with Gasteiger partial charge in [-0.1, -0.05) is 25.2 Å². The lowest BCUT2D eigenvalue weighted by atomic mass is 10.1. The molecular formula is C22H27NO4S. The van der Waals surface area contributed by atoms with Crippen molar-refractivity contribution < 1.29 is 14.6 Å². The number of hydrogen-bond donors (Lipinski definition) is 1. The van der Waals surface area contributed by atoms with Gasteiger partial charge in [0.25, 0.3) is 0 Å². The molecule has 0 aliphatic heterocycles. The second kappa shape index (κ2) is 9.87. The summed E-state index contributed by atoms with van der Waals surface area (Å²) < 4.78 is 12.4. The molecule has 1 aliphatic carbocycles. The van der Waals surface area contributed by atoms with E-state index in [9.17, 15) is 4.79 Å². The summed E-state index contributed by atoms with van der Waals surface area (Å²) in [5.74, 6) is 1.31. The third-order valence-corrected chi connectivity index (χ3v) is 6.10. The maximum absolute atomic E-state index is 13.1. The Morgan fingerprint density at radius 3 is 2.79 bits per heavy atom. The van der Waals surface area contributed by atoms with E-state index in [1.54, 1.807) is 24.5 Å². The molecule has 1 N–H and O–H groups in total. The number of methoxy groups -OCH3 is 1. The second-order valence-corrected chi connectivity index (χ2v) is 7.69. The molecule has 2 aromatic rings. The molecule has 1 aromatic heterocycles. The number of likely N-dealkylation sites (N-methyl/N-ethyl adjacent to an activating group) is 1. The summed E-state index contributed by atoms with van der Waals surface area (Å²) in [6, 6.07) is 3.69. The highest BCUT2D eigenvalue weighted by atomic mass is 32.1. The fourth-order valence-electron chi connectivity index (χ4n) is 3.35. The molecule has 6 heteroatoms. The largest absolute Gasteiger partial charge is 0.496 e. The Bertz CT molecular complexity index is 932. The molecule has 150 valence electrons. The molecule has 0 spiro atoms. The zero-order valence-corrected chi connectivity index (χ0v) is 17.3. The van der Waals surface area contributed by atoms with Crippen molar-refractivity contribution in [3.8, 4) is 11.5 Å². The van der Waals surface area contributed by atoms with Gasteiger partial charge in [-0.25, -0.2) is 0 Å². The minimum atomic E-state index is -0.00824. The van der Waals surface area contributed by atoms with Gasteiger partial charge in [0, 0.05) is 30.0 Å².